The van der Waals surface area contributed by atoms with E-state index in [1.807, 2.05) is 42.6 Å². The summed E-state index contributed by atoms with van der Waals surface area (Å²) in [5.74, 6) is 0.253. The highest BCUT2D eigenvalue weighted by molar-refractivity contribution is 5.95. The summed E-state index contributed by atoms with van der Waals surface area (Å²) in [5, 5.41) is 0. The minimum absolute atomic E-state index is 0.0372. The second-order valence-corrected chi connectivity index (χ2v) is 4.68. The molecule has 0 radical (unpaired) electrons. The summed E-state index contributed by atoms with van der Waals surface area (Å²) in [5.41, 5.74) is 3.40. The van der Waals surface area contributed by atoms with Crippen LogP contribution in [-0.2, 0) is 4.79 Å². The minimum atomic E-state index is 0.0372. The lowest BCUT2D eigenvalue weighted by Crippen LogP contribution is -2.26. The van der Waals surface area contributed by atoms with Gasteiger partial charge >= 0.3 is 0 Å². The van der Waals surface area contributed by atoms with Gasteiger partial charge in [-0.2, -0.15) is 0 Å². The van der Waals surface area contributed by atoms with Crippen molar-refractivity contribution in [2.24, 2.45) is 0 Å². The molecule has 0 saturated carbocycles. The smallest absolute Gasteiger partial charge is 0.227 e. The van der Waals surface area contributed by atoms with Gasteiger partial charge in [-0.05, 0) is 17.2 Å². The lowest BCUT2D eigenvalue weighted by Gasteiger charge is -2.28. The molecule has 94 valence electrons. The molecule has 2 aromatic rings. The molecule has 1 aliphatic rings. The van der Waals surface area contributed by atoms with Crippen molar-refractivity contribution in [3.63, 3.8) is 0 Å². The van der Waals surface area contributed by atoms with Crippen molar-refractivity contribution in [3.8, 4) is 0 Å². The lowest BCUT2D eigenvalue weighted by atomic mass is 9.88. The van der Waals surface area contributed by atoms with E-state index in [4.69, 9.17) is 0 Å². The van der Waals surface area contributed by atoms with E-state index >= 15 is 0 Å². The summed E-state index contributed by atoms with van der Waals surface area (Å²) in [6.45, 7) is 1.59. The van der Waals surface area contributed by atoms with Gasteiger partial charge in [0.2, 0.25) is 5.91 Å². The molecule has 0 spiro atoms. The van der Waals surface area contributed by atoms with Gasteiger partial charge in [-0.1, -0.05) is 54.6 Å². The average molecular weight is 249 g/mol. The highest BCUT2D eigenvalue weighted by Crippen LogP contribution is 2.37. The topological polar surface area (TPSA) is 20.3 Å². The Labute approximate surface area is 113 Å². The third-order valence-electron chi connectivity index (χ3n) is 3.46. The Morgan fingerprint density at radius 2 is 1.68 bits per heavy atom. The molecule has 0 aromatic heterocycles. The van der Waals surface area contributed by atoms with Crippen LogP contribution in [0.25, 0.3) is 0 Å². The molecule has 0 fully saturated rings. The van der Waals surface area contributed by atoms with Gasteiger partial charge < -0.3 is 0 Å². The molecule has 2 nitrogen and oxygen atoms in total. The Bertz CT molecular complexity index is 631. The first-order chi connectivity index (χ1) is 9.27. The molecule has 3 rings (SSSR count). The third-order valence-corrected chi connectivity index (χ3v) is 3.46. The second-order valence-electron chi connectivity index (χ2n) is 4.68. The molecule has 2 aromatic carbocycles. The van der Waals surface area contributed by atoms with Crippen molar-refractivity contribution in [3.05, 3.63) is 78.0 Å². The molecule has 1 heterocycles. The standard InChI is InChI=1S/C17H15NO/c1-13(19)18-12-11-15(14-7-3-2-4-8-14)16-9-5-6-10-17(16)18/h2-12,15H,1H3. The average Bonchev–Trinajstić information content (AvgIpc) is 2.47. The van der Waals surface area contributed by atoms with E-state index in [0.717, 1.165) is 5.69 Å². The van der Waals surface area contributed by atoms with Gasteiger partial charge in [0.25, 0.3) is 0 Å². The fourth-order valence-electron chi connectivity index (χ4n) is 2.55. The minimum Gasteiger partial charge on any atom is -0.288 e. The van der Waals surface area contributed by atoms with Crippen LogP contribution in [0.3, 0.4) is 0 Å². The largest absolute Gasteiger partial charge is 0.288 e. The first-order valence-corrected chi connectivity index (χ1v) is 6.39. The van der Waals surface area contributed by atoms with Crippen LogP contribution in [0.1, 0.15) is 24.0 Å². The number of anilines is 1. The maximum atomic E-state index is 11.7. The van der Waals surface area contributed by atoms with Gasteiger partial charge in [0, 0.05) is 19.0 Å². The number of hydrogen-bond donors (Lipinski definition) is 0. The van der Waals surface area contributed by atoms with Crippen LogP contribution in [0.4, 0.5) is 5.69 Å². The van der Waals surface area contributed by atoms with Gasteiger partial charge in [0.15, 0.2) is 0 Å². The van der Waals surface area contributed by atoms with Gasteiger partial charge in [0.1, 0.15) is 0 Å². The highest BCUT2D eigenvalue weighted by Gasteiger charge is 2.23. The molecule has 0 saturated heterocycles. The number of rotatable bonds is 1. The first-order valence-electron chi connectivity index (χ1n) is 6.39. The zero-order valence-electron chi connectivity index (χ0n) is 10.8. The van der Waals surface area contributed by atoms with E-state index < -0.39 is 0 Å². The van der Waals surface area contributed by atoms with E-state index in [-0.39, 0.29) is 11.8 Å². The Hall–Kier alpha value is -2.35. The zero-order valence-corrected chi connectivity index (χ0v) is 10.8. The predicted octanol–water partition coefficient (Wildman–Crippen LogP) is 3.70. The summed E-state index contributed by atoms with van der Waals surface area (Å²) in [7, 11) is 0. The fraction of sp³-hybridized carbons (Fsp3) is 0.118. The van der Waals surface area contributed by atoms with Crippen molar-refractivity contribution in [1.82, 2.24) is 0 Å². The number of amides is 1. The van der Waals surface area contributed by atoms with Crippen molar-refractivity contribution >= 4 is 11.6 Å². The van der Waals surface area contributed by atoms with E-state index in [1.54, 1.807) is 11.8 Å². The molecule has 0 aliphatic carbocycles. The summed E-state index contributed by atoms with van der Waals surface area (Å²) >= 11 is 0. The molecule has 1 amide bonds. The Morgan fingerprint density at radius 3 is 2.42 bits per heavy atom. The fourth-order valence-corrected chi connectivity index (χ4v) is 2.55. The summed E-state index contributed by atoms with van der Waals surface area (Å²) in [6, 6.07) is 18.4. The molecule has 2 heteroatoms. The summed E-state index contributed by atoms with van der Waals surface area (Å²) in [4.78, 5) is 13.4. The lowest BCUT2D eigenvalue weighted by molar-refractivity contribution is -0.116. The van der Waals surface area contributed by atoms with E-state index in [9.17, 15) is 4.79 Å². The van der Waals surface area contributed by atoms with Crippen LogP contribution in [0.5, 0.6) is 0 Å². The number of carbonyl (C=O) groups excluding carboxylic acids is 1. The molecule has 0 N–H and O–H groups in total. The van der Waals surface area contributed by atoms with Crippen LogP contribution >= 0.6 is 0 Å². The number of benzene rings is 2. The first kappa shape index (κ1) is 11.7. The van der Waals surface area contributed by atoms with Crippen LogP contribution in [-0.4, -0.2) is 5.91 Å². The quantitative estimate of drug-likeness (QED) is 0.754. The van der Waals surface area contributed by atoms with Gasteiger partial charge in [0.05, 0.1) is 5.69 Å². The number of hydrogen-bond acceptors (Lipinski definition) is 1. The molecular formula is C17H15NO. The van der Waals surface area contributed by atoms with Crippen LogP contribution in [0, 0.1) is 0 Å². The molecule has 0 bridgehead atoms. The van der Waals surface area contributed by atoms with Gasteiger partial charge in [-0.3, -0.25) is 9.69 Å². The van der Waals surface area contributed by atoms with Crippen molar-refractivity contribution in [2.75, 3.05) is 4.90 Å². The summed E-state index contributed by atoms with van der Waals surface area (Å²) in [6.07, 6.45) is 3.96. The van der Waals surface area contributed by atoms with Gasteiger partial charge in [-0.15, -0.1) is 0 Å². The number of nitrogens with zero attached hydrogens (tertiary/aromatic N) is 1. The maximum absolute atomic E-state index is 11.7. The number of allylic oxidation sites excluding steroid dienone is 1. The van der Waals surface area contributed by atoms with Crippen molar-refractivity contribution in [1.29, 1.82) is 0 Å². The number of fused-ring (bicyclic) bond motifs is 1. The van der Waals surface area contributed by atoms with E-state index in [1.165, 1.54) is 11.1 Å². The monoisotopic (exact) mass is 249 g/mol. The zero-order chi connectivity index (χ0) is 13.2. The van der Waals surface area contributed by atoms with E-state index in [2.05, 4.69) is 24.3 Å². The molecular weight excluding hydrogens is 234 g/mol. The van der Waals surface area contributed by atoms with Crippen LogP contribution < -0.4 is 4.90 Å². The Kier molecular flexibility index (Phi) is 2.92. The van der Waals surface area contributed by atoms with Crippen molar-refractivity contribution < 1.29 is 4.79 Å². The third kappa shape index (κ3) is 2.06. The SMILES string of the molecule is CC(=O)N1C=CC(c2ccccc2)c2ccccc21. The summed E-state index contributed by atoms with van der Waals surface area (Å²) < 4.78 is 0. The van der Waals surface area contributed by atoms with E-state index in [0.29, 0.717) is 0 Å². The molecule has 1 aliphatic heterocycles. The Morgan fingerprint density at radius 1 is 1.00 bits per heavy atom. The molecule has 1 atom stereocenters. The molecule has 19 heavy (non-hydrogen) atoms. The van der Waals surface area contributed by atoms with Crippen LogP contribution in [0.15, 0.2) is 66.9 Å². The number of carbonyl (C=O) groups is 1. The van der Waals surface area contributed by atoms with Crippen molar-refractivity contribution in [2.45, 2.75) is 12.8 Å². The Balaban J connectivity index is 2.11. The highest BCUT2D eigenvalue weighted by atomic mass is 16.2. The van der Waals surface area contributed by atoms with Gasteiger partial charge in [-0.25, -0.2) is 0 Å². The maximum Gasteiger partial charge on any atom is 0.227 e. The predicted molar refractivity (Wildman–Crippen MR) is 77.0 cm³/mol. The number of para-hydroxylation sites is 1. The second kappa shape index (κ2) is 4.73. The van der Waals surface area contributed by atoms with Crippen LogP contribution in [0.2, 0.25) is 0 Å². The molecule has 1 unspecified atom stereocenters. The normalized spacial score (nSPS) is 17.1.